The van der Waals surface area contributed by atoms with Crippen molar-refractivity contribution in [2.75, 3.05) is 7.11 Å². The molecule has 0 heterocycles. The number of esters is 1. The fourth-order valence-electron chi connectivity index (χ4n) is 0.966. The van der Waals surface area contributed by atoms with Crippen molar-refractivity contribution in [3.63, 3.8) is 0 Å². The Kier molecular flexibility index (Phi) is 7.36. The molecule has 0 aliphatic heterocycles. The van der Waals surface area contributed by atoms with Crippen LogP contribution in [0.1, 0.15) is 39.5 Å². The summed E-state index contributed by atoms with van der Waals surface area (Å²) in [6, 6.07) is 0. The van der Waals surface area contributed by atoms with Gasteiger partial charge in [0.25, 0.3) is 0 Å². The molecule has 0 spiro atoms. The molecule has 2 heteroatoms. The molecule has 1 unspecified atom stereocenters. The molecule has 0 rings (SSSR count). The fourth-order valence-corrected chi connectivity index (χ4v) is 0.966. The maximum absolute atomic E-state index is 10.7. The van der Waals surface area contributed by atoms with E-state index in [2.05, 4.69) is 24.7 Å². The van der Waals surface area contributed by atoms with E-state index < -0.39 is 0 Å². The second kappa shape index (κ2) is 7.84. The summed E-state index contributed by atoms with van der Waals surface area (Å²) in [5, 5.41) is 0. The second-order valence-electron chi connectivity index (χ2n) is 3.34. The summed E-state index contributed by atoms with van der Waals surface area (Å²) in [5.41, 5.74) is 0. The van der Waals surface area contributed by atoms with Crippen molar-refractivity contribution in [2.45, 2.75) is 39.5 Å². The maximum atomic E-state index is 10.7. The van der Waals surface area contributed by atoms with Crippen molar-refractivity contribution < 1.29 is 9.53 Å². The summed E-state index contributed by atoms with van der Waals surface area (Å²) in [4.78, 5) is 10.7. The lowest BCUT2D eigenvalue weighted by molar-refractivity contribution is -0.139. The van der Waals surface area contributed by atoms with Crippen molar-refractivity contribution in [1.29, 1.82) is 0 Å². The molecule has 0 radical (unpaired) electrons. The molecule has 0 bridgehead atoms. The van der Waals surface area contributed by atoms with Crippen molar-refractivity contribution >= 4 is 5.97 Å². The van der Waals surface area contributed by atoms with Crippen LogP contribution in [0.25, 0.3) is 0 Å². The molecular formula is C11H20O2. The Morgan fingerprint density at radius 3 is 2.69 bits per heavy atom. The minimum absolute atomic E-state index is 0.167. The number of rotatable bonds is 6. The highest BCUT2D eigenvalue weighted by atomic mass is 16.5. The van der Waals surface area contributed by atoms with Gasteiger partial charge in [-0.15, -0.1) is 0 Å². The van der Waals surface area contributed by atoms with Crippen molar-refractivity contribution in [1.82, 2.24) is 0 Å². The zero-order valence-electron chi connectivity index (χ0n) is 8.88. The predicted octanol–water partition coefficient (Wildman–Crippen LogP) is 2.93. The molecule has 0 amide bonds. The van der Waals surface area contributed by atoms with Gasteiger partial charge < -0.3 is 4.74 Å². The van der Waals surface area contributed by atoms with Crippen LogP contribution in [-0.4, -0.2) is 13.1 Å². The van der Waals surface area contributed by atoms with E-state index in [0.717, 1.165) is 12.3 Å². The molecule has 0 saturated heterocycles. The highest BCUT2D eigenvalue weighted by molar-refractivity contribution is 5.70. The highest BCUT2D eigenvalue weighted by Gasteiger charge is 1.96. The first-order valence-corrected chi connectivity index (χ1v) is 4.92. The van der Waals surface area contributed by atoms with E-state index in [-0.39, 0.29) is 5.97 Å². The van der Waals surface area contributed by atoms with E-state index in [9.17, 15) is 4.79 Å². The van der Waals surface area contributed by atoms with Gasteiger partial charge in [-0.3, -0.25) is 4.79 Å². The lowest BCUT2D eigenvalue weighted by Crippen LogP contribution is -1.96. The van der Waals surface area contributed by atoms with Crippen molar-refractivity contribution in [2.24, 2.45) is 5.92 Å². The third kappa shape index (κ3) is 7.57. The Morgan fingerprint density at radius 2 is 2.15 bits per heavy atom. The van der Waals surface area contributed by atoms with E-state index in [0.29, 0.717) is 6.42 Å². The zero-order chi connectivity index (χ0) is 10.1. The molecule has 0 saturated carbocycles. The Labute approximate surface area is 81.0 Å². The smallest absolute Gasteiger partial charge is 0.309 e. The number of carbonyl (C=O) groups is 1. The van der Waals surface area contributed by atoms with Crippen LogP contribution < -0.4 is 0 Å². The first-order chi connectivity index (χ1) is 6.20. The number of methoxy groups -OCH3 is 1. The largest absolute Gasteiger partial charge is 0.469 e. The van der Waals surface area contributed by atoms with Crippen LogP contribution in [-0.2, 0) is 9.53 Å². The van der Waals surface area contributed by atoms with E-state index in [1.807, 2.05) is 6.08 Å². The van der Waals surface area contributed by atoms with E-state index in [1.165, 1.54) is 20.0 Å². The van der Waals surface area contributed by atoms with Gasteiger partial charge in [-0.25, -0.2) is 0 Å². The van der Waals surface area contributed by atoms with Crippen LogP contribution in [0, 0.1) is 5.92 Å². The van der Waals surface area contributed by atoms with E-state index >= 15 is 0 Å². The van der Waals surface area contributed by atoms with E-state index in [1.54, 1.807) is 0 Å². The predicted molar refractivity (Wildman–Crippen MR) is 54.5 cm³/mol. The van der Waals surface area contributed by atoms with Crippen LogP contribution in [0.2, 0.25) is 0 Å². The molecule has 13 heavy (non-hydrogen) atoms. The van der Waals surface area contributed by atoms with Crippen molar-refractivity contribution in [3.8, 4) is 0 Å². The average molecular weight is 184 g/mol. The first kappa shape index (κ1) is 12.2. The van der Waals surface area contributed by atoms with Crippen molar-refractivity contribution in [3.05, 3.63) is 12.2 Å². The molecule has 0 aromatic rings. The third-order valence-corrected chi connectivity index (χ3v) is 2.20. The molecule has 0 fully saturated rings. The second-order valence-corrected chi connectivity index (χ2v) is 3.34. The summed E-state index contributed by atoms with van der Waals surface area (Å²) in [7, 11) is 1.41. The van der Waals surface area contributed by atoms with Gasteiger partial charge in [0.15, 0.2) is 0 Å². The van der Waals surface area contributed by atoms with Gasteiger partial charge in [-0.1, -0.05) is 32.4 Å². The number of carbonyl (C=O) groups excluding carboxylic acids is 1. The SMILES string of the molecule is CCC(C)CCC=CCC(=O)OC. The normalized spacial score (nSPS) is 13.2. The lowest BCUT2D eigenvalue weighted by atomic mass is 10.0. The quantitative estimate of drug-likeness (QED) is 0.468. The number of allylic oxidation sites excluding steroid dienone is 1. The van der Waals surface area contributed by atoms with Gasteiger partial charge in [0.2, 0.25) is 0 Å². The number of ether oxygens (including phenoxy) is 1. The molecule has 0 aliphatic carbocycles. The summed E-state index contributed by atoms with van der Waals surface area (Å²) < 4.78 is 4.51. The van der Waals surface area contributed by atoms with Crippen LogP contribution in [0.3, 0.4) is 0 Å². The topological polar surface area (TPSA) is 26.3 Å². The Balaban J connectivity index is 3.36. The fraction of sp³-hybridized carbons (Fsp3) is 0.727. The van der Waals surface area contributed by atoms with Gasteiger partial charge >= 0.3 is 5.97 Å². The molecule has 0 aliphatic rings. The minimum atomic E-state index is -0.167. The van der Waals surface area contributed by atoms with Crippen LogP contribution >= 0.6 is 0 Å². The first-order valence-electron chi connectivity index (χ1n) is 4.92. The summed E-state index contributed by atoms with van der Waals surface area (Å²) >= 11 is 0. The maximum Gasteiger partial charge on any atom is 0.309 e. The number of hydrogen-bond acceptors (Lipinski definition) is 2. The Morgan fingerprint density at radius 1 is 1.46 bits per heavy atom. The monoisotopic (exact) mass is 184 g/mol. The van der Waals surface area contributed by atoms with Gasteiger partial charge in [0, 0.05) is 0 Å². The lowest BCUT2D eigenvalue weighted by Gasteiger charge is -2.03. The molecule has 0 N–H and O–H groups in total. The van der Waals surface area contributed by atoms with Crippen LogP contribution in [0.15, 0.2) is 12.2 Å². The zero-order valence-corrected chi connectivity index (χ0v) is 8.88. The molecule has 76 valence electrons. The highest BCUT2D eigenvalue weighted by Crippen LogP contribution is 2.09. The molecule has 0 aromatic heterocycles. The van der Waals surface area contributed by atoms with Gasteiger partial charge in [-0.05, 0) is 18.8 Å². The number of hydrogen-bond donors (Lipinski definition) is 0. The molecule has 0 aromatic carbocycles. The third-order valence-electron chi connectivity index (χ3n) is 2.20. The Hall–Kier alpha value is -0.790. The van der Waals surface area contributed by atoms with Gasteiger partial charge in [-0.2, -0.15) is 0 Å². The summed E-state index contributed by atoms with van der Waals surface area (Å²) in [6.45, 7) is 4.44. The summed E-state index contributed by atoms with van der Waals surface area (Å²) in [5.74, 6) is 0.613. The minimum Gasteiger partial charge on any atom is -0.469 e. The van der Waals surface area contributed by atoms with Crippen LogP contribution in [0.5, 0.6) is 0 Å². The average Bonchev–Trinajstić information content (AvgIpc) is 2.16. The Bertz CT molecular complexity index is 161. The van der Waals surface area contributed by atoms with Crippen LogP contribution in [0.4, 0.5) is 0 Å². The van der Waals surface area contributed by atoms with Gasteiger partial charge in [0.05, 0.1) is 13.5 Å². The standard InChI is InChI=1S/C11H20O2/c1-4-10(2)8-6-5-7-9-11(12)13-3/h5,7,10H,4,6,8-9H2,1-3H3. The van der Waals surface area contributed by atoms with Gasteiger partial charge in [0.1, 0.15) is 0 Å². The summed E-state index contributed by atoms with van der Waals surface area (Å²) in [6.07, 6.45) is 7.83. The van der Waals surface area contributed by atoms with E-state index in [4.69, 9.17) is 0 Å². The molecule has 2 nitrogen and oxygen atoms in total. The molecule has 1 atom stereocenters. The molecular weight excluding hydrogens is 164 g/mol.